The van der Waals surface area contributed by atoms with E-state index in [0.29, 0.717) is 10.9 Å². The number of nitrogens with one attached hydrogen (secondary N) is 1. The summed E-state index contributed by atoms with van der Waals surface area (Å²) >= 11 is 6.25. The Balaban J connectivity index is 2.28. The molecule has 3 N–H and O–H groups in total. The number of aromatic nitrogens is 2. The Morgan fingerprint density at radius 3 is 3.06 bits per heavy atom. The molecular formula is C12H21ClN4O. The molecule has 6 heteroatoms. The van der Waals surface area contributed by atoms with Crippen LogP contribution in [-0.2, 0) is 11.3 Å². The molecule has 0 spiro atoms. The molecule has 0 amide bonds. The quantitative estimate of drug-likeness (QED) is 0.634. The van der Waals surface area contributed by atoms with Crippen molar-refractivity contribution >= 4 is 11.6 Å². The van der Waals surface area contributed by atoms with Crippen LogP contribution in [0, 0.1) is 5.92 Å². The van der Waals surface area contributed by atoms with Crippen LogP contribution in [0.15, 0.2) is 6.20 Å². The summed E-state index contributed by atoms with van der Waals surface area (Å²) in [6, 6.07) is -0.107. The van der Waals surface area contributed by atoms with Crippen LogP contribution in [0.1, 0.15) is 38.4 Å². The SMILES string of the molecule is CCCn1ncc(Cl)c1C(NN)C1OCCC1C. The van der Waals surface area contributed by atoms with E-state index in [-0.39, 0.29) is 12.1 Å². The maximum absolute atomic E-state index is 6.25. The molecule has 0 saturated carbocycles. The minimum atomic E-state index is -0.107. The number of hydrazine groups is 1. The topological polar surface area (TPSA) is 65.1 Å². The number of ether oxygens (including phenoxy) is 1. The second-order valence-electron chi connectivity index (χ2n) is 4.85. The van der Waals surface area contributed by atoms with Gasteiger partial charge < -0.3 is 4.74 Å². The van der Waals surface area contributed by atoms with Gasteiger partial charge in [-0.25, -0.2) is 5.43 Å². The maximum Gasteiger partial charge on any atom is 0.0908 e. The molecule has 102 valence electrons. The first kappa shape index (κ1) is 13.8. The summed E-state index contributed by atoms with van der Waals surface area (Å²) < 4.78 is 7.71. The van der Waals surface area contributed by atoms with E-state index in [0.717, 1.165) is 31.7 Å². The van der Waals surface area contributed by atoms with Crippen molar-refractivity contribution in [3.05, 3.63) is 16.9 Å². The summed E-state index contributed by atoms with van der Waals surface area (Å²) in [5, 5.41) is 4.95. The molecule has 5 nitrogen and oxygen atoms in total. The largest absolute Gasteiger partial charge is 0.376 e. The summed E-state index contributed by atoms with van der Waals surface area (Å²) in [6.45, 7) is 5.90. The number of nitrogens with two attached hydrogens (primary N) is 1. The van der Waals surface area contributed by atoms with Crippen LogP contribution in [0.4, 0.5) is 0 Å². The highest BCUT2D eigenvalue weighted by atomic mass is 35.5. The van der Waals surface area contributed by atoms with Gasteiger partial charge in [0.1, 0.15) is 0 Å². The smallest absolute Gasteiger partial charge is 0.0908 e. The molecule has 2 heterocycles. The van der Waals surface area contributed by atoms with Crippen molar-refractivity contribution in [1.29, 1.82) is 0 Å². The first-order valence-electron chi connectivity index (χ1n) is 6.48. The lowest BCUT2D eigenvalue weighted by Crippen LogP contribution is -2.40. The highest BCUT2D eigenvalue weighted by Crippen LogP contribution is 2.33. The van der Waals surface area contributed by atoms with Gasteiger partial charge >= 0.3 is 0 Å². The van der Waals surface area contributed by atoms with Gasteiger partial charge in [-0.3, -0.25) is 10.5 Å². The molecule has 0 aromatic carbocycles. The van der Waals surface area contributed by atoms with Crippen LogP contribution in [-0.4, -0.2) is 22.5 Å². The zero-order valence-electron chi connectivity index (χ0n) is 10.9. The predicted octanol–water partition coefficient (Wildman–Crippen LogP) is 1.88. The molecule has 3 atom stereocenters. The van der Waals surface area contributed by atoms with Crippen molar-refractivity contribution in [3.8, 4) is 0 Å². The van der Waals surface area contributed by atoms with Crippen molar-refractivity contribution in [2.45, 2.75) is 45.4 Å². The molecule has 1 saturated heterocycles. The molecule has 18 heavy (non-hydrogen) atoms. The lowest BCUT2D eigenvalue weighted by atomic mass is 9.96. The average Bonchev–Trinajstić information content (AvgIpc) is 2.91. The molecule has 1 fully saturated rings. The average molecular weight is 273 g/mol. The molecule has 0 bridgehead atoms. The molecule has 0 aliphatic carbocycles. The van der Waals surface area contributed by atoms with E-state index in [2.05, 4.69) is 24.4 Å². The van der Waals surface area contributed by atoms with Gasteiger partial charge in [-0.2, -0.15) is 5.10 Å². The zero-order valence-corrected chi connectivity index (χ0v) is 11.7. The van der Waals surface area contributed by atoms with Crippen molar-refractivity contribution in [3.63, 3.8) is 0 Å². The first-order chi connectivity index (χ1) is 8.69. The van der Waals surface area contributed by atoms with Crippen molar-refractivity contribution in [2.24, 2.45) is 11.8 Å². The van der Waals surface area contributed by atoms with Crippen molar-refractivity contribution in [2.75, 3.05) is 6.61 Å². The van der Waals surface area contributed by atoms with Crippen LogP contribution in [0.5, 0.6) is 0 Å². The molecule has 1 aliphatic rings. The van der Waals surface area contributed by atoms with Gasteiger partial charge in [-0.15, -0.1) is 0 Å². The van der Waals surface area contributed by atoms with Crippen LogP contribution >= 0.6 is 11.6 Å². The third-order valence-electron chi connectivity index (χ3n) is 3.52. The molecule has 1 aromatic rings. The Kier molecular flexibility index (Phi) is 4.61. The summed E-state index contributed by atoms with van der Waals surface area (Å²) in [5.41, 5.74) is 3.78. The van der Waals surface area contributed by atoms with Crippen LogP contribution < -0.4 is 11.3 Å². The molecule has 0 radical (unpaired) electrons. The number of halogens is 1. The lowest BCUT2D eigenvalue weighted by molar-refractivity contribution is 0.0579. The van der Waals surface area contributed by atoms with Gasteiger partial charge in [0, 0.05) is 13.2 Å². The molecule has 1 aromatic heterocycles. The monoisotopic (exact) mass is 272 g/mol. The van der Waals surface area contributed by atoms with E-state index in [4.69, 9.17) is 22.2 Å². The van der Waals surface area contributed by atoms with Gasteiger partial charge in [-0.05, 0) is 18.8 Å². The predicted molar refractivity (Wildman–Crippen MR) is 71.1 cm³/mol. The fourth-order valence-electron chi connectivity index (χ4n) is 2.54. The molecule has 1 aliphatic heterocycles. The minimum Gasteiger partial charge on any atom is -0.376 e. The molecule has 3 unspecified atom stereocenters. The summed E-state index contributed by atoms with van der Waals surface area (Å²) in [6.07, 6.45) is 3.79. The highest BCUT2D eigenvalue weighted by Gasteiger charge is 2.35. The highest BCUT2D eigenvalue weighted by molar-refractivity contribution is 6.31. The molecule has 2 rings (SSSR count). The fourth-order valence-corrected chi connectivity index (χ4v) is 2.80. The zero-order chi connectivity index (χ0) is 13.1. The fraction of sp³-hybridized carbons (Fsp3) is 0.750. The van der Waals surface area contributed by atoms with E-state index in [1.807, 2.05) is 4.68 Å². The number of rotatable bonds is 5. The normalized spacial score (nSPS) is 25.6. The van der Waals surface area contributed by atoms with Crippen molar-refractivity contribution < 1.29 is 4.74 Å². The number of nitrogens with zero attached hydrogens (tertiary/aromatic N) is 2. The standard InChI is InChI=1S/C12H21ClN4O/c1-3-5-17-11(9(13)7-15-17)10(16-14)12-8(2)4-6-18-12/h7-8,10,12,16H,3-6,14H2,1-2H3. The van der Waals surface area contributed by atoms with E-state index in [1.54, 1.807) is 6.20 Å². The van der Waals surface area contributed by atoms with Crippen molar-refractivity contribution in [1.82, 2.24) is 15.2 Å². The van der Waals surface area contributed by atoms with Crippen LogP contribution in [0.3, 0.4) is 0 Å². The Morgan fingerprint density at radius 2 is 2.50 bits per heavy atom. The first-order valence-corrected chi connectivity index (χ1v) is 6.85. The summed E-state index contributed by atoms with van der Waals surface area (Å²) in [5.74, 6) is 6.18. The number of hydrogen-bond donors (Lipinski definition) is 2. The number of aryl methyl sites for hydroxylation is 1. The van der Waals surface area contributed by atoms with Gasteiger partial charge in [0.15, 0.2) is 0 Å². The minimum absolute atomic E-state index is 0.0554. The molecular weight excluding hydrogens is 252 g/mol. The van der Waals surface area contributed by atoms with Gasteiger partial charge in [0.05, 0.1) is 29.1 Å². The Bertz CT molecular complexity index is 395. The third-order valence-corrected chi connectivity index (χ3v) is 3.81. The Hall–Kier alpha value is -0.620. The van der Waals surface area contributed by atoms with Crippen LogP contribution in [0.25, 0.3) is 0 Å². The lowest BCUT2D eigenvalue weighted by Gasteiger charge is -2.26. The third kappa shape index (κ3) is 2.54. The maximum atomic E-state index is 6.25. The van der Waals surface area contributed by atoms with Gasteiger partial charge in [-0.1, -0.05) is 25.4 Å². The van der Waals surface area contributed by atoms with Gasteiger partial charge in [0.2, 0.25) is 0 Å². The van der Waals surface area contributed by atoms with E-state index in [1.165, 1.54) is 0 Å². The van der Waals surface area contributed by atoms with E-state index < -0.39 is 0 Å². The van der Waals surface area contributed by atoms with E-state index >= 15 is 0 Å². The Morgan fingerprint density at radius 1 is 1.72 bits per heavy atom. The second kappa shape index (κ2) is 6.02. The number of hydrogen-bond acceptors (Lipinski definition) is 4. The van der Waals surface area contributed by atoms with Gasteiger partial charge in [0.25, 0.3) is 0 Å². The second-order valence-corrected chi connectivity index (χ2v) is 5.25. The summed E-state index contributed by atoms with van der Waals surface area (Å²) in [4.78, 5) is 0. The van der Waals surface area contributed by atoms with Crippen LogP contribution in [0.2, 0.25) is 5.02 Å². The Labute approximate surface area is 113 Å². The van der Waals surface area contributed by atoms with E-state index in [9.17, 15) is 0 Å². The summed E-state index contributed by atoms with van der Waals surface area (Å²) in [7, 11) is 0.